The zero-order valence-corrected chi connectivity index (χ0v) is 20.8. The molecular weight excluding hydrogens is 446 g/mol. The number of ketones is 1. The zero-order chi connectivity index (χ0) is 25.1. The van der Waals surface area contributed by atoms with Gasteiger partial charge < -0.3 is 29.3 Å². The van der Waals surface area contributed by atoms with Crippen LogP contribution < -0.4 is 14.4 Å². The molecule has 0 radical (unpaired) electrons. The SMILES string of the molecule is CCOc1ccc(C2/C(=C(/O)c3ccc4c(c3)N(C)CCO4)C(=O)C(=O)N2CCCN(C)C)cc1. The molecule has 2 aromatic carbocycles. The van der Waals surface area contributed by atoms with Crippen LogP contribution in [0.1, 0.15) is 30.5 Å². The number of carbonyl (C=O) groups is 2. The maximum absolute atomic E-state index is 13.3. The number of hydrogen-bond acceptors (Lipinski definition) is 7. The summed E-state index contributed by atoms with van der Waals surface area (Å²) in [7, 11) is 5.89. The maximum atomic E-state index is 13.3. The van der Waals surface area contributed by atoms with E-state index in [1.807, 2.05) is 62.1 Å². The van der Waals surface area contributed by atoms with Crippen LogP contribution in [0.2, 0.25) is 0 Å². The van der Waals surface area contributed by atoms with Crippen molar-refractivity contribution in [1.82, 2.24) is 9.80 Å². The Hall–Kier alpha value is -3.52. The highest BCUT2D eigenvalue weighted by Gasteiger charge is 2.45. The van der Waals surface area contributed by atoms with E-state index in [2.05, 4.69) is 0 Å². The summed E-state index contributed by atoms with van der Waals surface area (Å²) in [6.07, 6.45) is 0.703. The van der Waals surface area contributed by atoms with E-state index >= 15 is 0 Å². The first-order valence-corrected chi connectivity index (χ1v) is 12.0. The lowest BCUT2D eigenvalue weighted by Crippen LogP contribution is -2.32. The molecule has 1 amide bonds. The van der Waals surface area contributed by atoms with Gasteiger partial charge in [-0.25, -0.2) is 0 Å². The van der Waals surface area contributed by atoms with Crippen LogP contribution in [0.3, 0.4) is 0 Å². The summed E-state index contributed by atoms with van der Waals surface area (Å²) < 4.78 is 11.3. The van der Waals surface area contributed by atoms with Crippen molar-refractivity contribution in [3.8, 4) is 11.5 Å². The molecule has 0 aliphatic carbocycles. The first-order chi connectivity index (χ1) is 16.8. The van der Waals surface area contributed by atoms with Crippen LogP contribution in [0.15, 0.2) is 48.0 Å². The number of ether oxygens (including phenoxy) is 2. The highest BCUT2D eigenvalue weighted by atomic mass is 16.5. The molecule has 0 spiro atoms. The number of rotatable bonds is 8. The van der Waals surface area contributed by atoms with E-state index in [4.69, 9.17) is 9.47 Å². The third-order valence-electron chi connectivity index (χ3n) is 6.38. The molecule has 186 valence electrons. The number of carbonyl (C=O) groups excluding carboxylic acids is 2. The average Bonchev–Trinajstić information content (AvgIpc) is 3.09. The summed E-state index contributed by atoms with van der Waals surface area (Å²) in [4.78, 5) is 32.0. The van der Waals surface area contributed by atoms with Gasteiger partial charge in [-0.05, 0) is 69.9 Å². The summed E-state index contributed by atoms with van der Waals surface area (Å²) in [5.41, 5.74) is 2.15. The quantitative estimate of drug-likeness (QED) is 0.353. The Labute approximate surface area is 206 Å². The minimum Gasteiger partial charge on any atom is -0.507 e. The minimum atomic E-state index is -0.683. The molecule has 0 saturated carbocycles. The molecule has 35 heavy (non-hydrogen) atoms. The fraction of sp³-hybridized carbons (Fsp3) is 0.407. The van der Waals surface area contributed by atoms with Crippen LogP contribution in [-0.4, -0.2) is 80.6 Å². The number of aliphatic hydroxyl groups excluding tert-OH is 1. The van der Waals surface area contributed by atoms with Gasteiger partial charge in [-0.1, -0.05) is 12.1 Å². The molecule has 0 bridgehead atoms. The van der Waals surface area contributed by atoms with Crippen LogP contribution in [-0.2, 0) is 9.59 Å². The molecule has 1 unspecified atom stereocenters. The van der Waals surface area contributed by atoms with Gasteiger partial charge in [-0.15, -0.1) is 0 Å². The fourth-order valence-corrected chi connectivity index (χ4v) is 4.58. The van der Waals surface area contributed by atoms with Crippen molar-refractivity contribution in [1.29, 1.82) is 0 Å². The van der Waals surface area contributed by atoms with Crippen LogP contribution >= 0.6 is 0 Å². The Bertz CT molecular complexity index is 1130. The molecule has 1 atom stereocenters. The lowest BCUT2D eigenvalue weighted by Gasteiger charge is -2.28. The molecule has 0 aromatic heterocycles. The third-order valence-corrected chi connectivity index (χ3v) is 6.38. The number of Topliss-reactive ketones (excluding diaryl/α,β-unsaturated/α-hetero) is 1. The molecule has 2 aliphatic rings. The average molecular weight is 480 g/mol. The largest absolute Gasteiger partial charge is 0.507 e. The van der Waals surface area contributed by atoms with E-state index < -0.39 is 17.7 Å². The molecule has 8 nitrogen and oxygen atoms in total. The van der Waals surface area contributed by atoms with Crippen molar-refractivity contribution < 1.29 is 24.2 Å². The van der Waals surface area contributed by atoms with Crippen molar-refractivity contribution >= 4 is 23.1 Å². The Morgan fingerprint density at radius 1 is 1.17 bits per heavy atom. The van der Waals surface area contributed by atoms with E-state index in [0.29, 0.717) is 37.5 Å². The number of hydrogen-bond donors (Lipinski definition) is 1. The summed E-state index contributed by atoms with van der Waals surface area (Å²) in [5, 5.41) is 11.4. The topological polar surface area (TPSA) is 82.5 Å². The van der Waals surface area contributed by atoms with E-state index in [1.54, 1.807) is 23.1 Å². The second-order valence-electron chi connectivity index (χ2n) is 9.10. The minimum absolute atomic E-state index is 0.100. The standard InChI is InChI=1S/C27H33N3O5/c1-5-34-20-10-7-18(8-11-20)24-23(26(32)27(33)30(24)14-6-13-28(2)3)25(31)19-9-12-22-21(17-19)29(4)15-16-35-22/h7-12,17,24,31H,5-6,13-16H2,1-4H3/b25-23-. The molecule has 2 heterocycles. The second kappa shape index (κ2) is 10.4. The van der Waals surface area contributed by atoms with Gasteiger partial charge in [0.2, 0.25) is 0 Å². The highest BCUT2D eigenvalue weighted by molar-refractivity contribution is 6.46. The summed E-state index contributed by atoms with van der Waals surface area (Å²) in [6.45, 7) is 4.94. The van der Waals surface area contributed by atoms with E-state index in [0.717, 1.165) is 30.1 Å². The van der Waals surface area contributed by atoms with Gasteiger partial charge in [0.15, 0.2) is 0 Å². The van der Waals surface area contributed by atoms with Gasteiger partial charge in [0, 0.05) is 19.2 Å². The molecule has 8 heteroatoms. The number of fused-ring (bicyclic) bond motifs is 1. The summed E-state index contributed by atoms with van der Waals surface area (Å²) >= 11 is 0. The smallest absolute Gasteiger partial charge is 0.295 e. The Kier molecular flexibility index (Phi) is 7.31. The van der Waals surface area contributed by atoms with E-state index in [9.17, 15) is 14.7 Å². The Morgan fingerprint density at radius 3 is 2.60 bits per heavy atom. The van der Waals surface area contributed by atoms with E-state index in [1.165, 1.54) is 0 Å². The van der Waals surface area contributed by atoms with Gasteiger partial charge in [0.1, 0.15) is 23.9 Å². The highest BCUT2D eigenvalue weighted by Crippen LogP contribution is 2.41. The van der Waals surface area contributed by atoms with E-state index in [-0.39, 0.29) is 11.3 Å². The predicted molar refractivity (Wildman–Crippen MR) is 135 cm³/mol. The molecule has 2 aliphatic heterocycles. The second-order valence-corrected chi connectivity index (χ2v) is 9.10. The lowest BCUT2D eigenvalue weighted by molar-refractivity contribution is -0.139. The number of nitrogens with zero attached hydrogens (tertiary/aromatic N) is 3. The first kappa shape index (κ1) is 24.6. The molecule has 4 rings (SSSR count). The molecular formula is C27H33N3O5. The van der Waals surface area contributed by atoms with Crippen LogP contribution in [0.4, 0.5) is 5.69 Å². The van der Waals surface area contributed by atoms with Gasteiger partial charge in [-0.3, -0.25) is 9.59 Å². The maximum Gasteiger partial charge on any atom is 0.295 e. The number of likely N-dealkylation sites (tertiary alicyclic amines) is 1. The number of anilines is 1. The number of amides is 1. The van der Waals surface area contributed by atoms with Gasteiger partial charge in [0.05, 0.1) is 30.5 Å². The molecule has 2 aromatic rings. The van der Waals surface area contributed by atoms with Crippen molar-refractivity contribution in [3.05, 3.63) is 59.2 Å². The van der Waals surface area contributed by atoms with Crippen molar-refractivity contribution in [2.45, 2.75) is 19.4 Å². The van der Waals surface area contributed by atoms with Gasteiger partial charge >= 0.3 is 0 Å². The Balaban J connectivity index is 1.78. The monoisotopic (exact) mass is 479 g/mol. The van der Waals surface area contributed by atoms with Gasteiger partial charge in [-0.2, -0.15) is 0 Å². The summed E-state index contributed by atoms with van der Waals surface area (Å²) in [5.74, 6) is -0.0173. The first-order valence-electron chi connectivity index (χ1n) is 12.0. The Morgan fingerprint density at radius 2 is 1.91 bits per heavy atom. The molecule has 1 saturated heterocycles. The lowest BCUT2D eigenvalue weighted by atomic mass is 9.95. The summed E-state index contributed by atoms with van der Waals surface area (Å²) in [6, 6.07) is 12.0. The van der Waals surface area contributed by atoms with Crippen molar-refractivity contribution in [2.24, 2.45) is 0 Å². The van der Waals surface area contributed by atoms with Crippen LogP contribution in [0.25, 0.3) is 5.76 Å². The third kappa shape index (κ3) is 4.98. The van der Waals surface area contributed by atoms with Crippen LogP contribution in [0, 0.1) is 0 Å². The van der Waals surface area contributed by atoms with Gasteiger partial charge in [0.25, 0.3) is 11.7 Å². The fourth-order valence-electron chi connectivity index (χ4n) is 4.58. The zero-order valence-electron chi connectivity index (χ0n) is 20.8. The van der Waals surface area contributed by atoms with Crippen molar-refractivity contribution in [2.75, 3.05) is 58.9 Å². The molecule has 1 fully saturated rings. The van der Waals surface area contributed by atoms with Crippen LogP contribution in [0.5, 0.6) is 11.5 Å². The number of likely N-dealkylation sites (N-methyl/N-ethyl adjacent to an activating group) is 1. The normalized spacial score (nSPS) is 19.2. The predicted octanol–water partition coefficient (Wildman–Crippen LogP) is 3.29. The number of benzene rings is 2. The van der Waals surface area contributed by atoms with Crippen molar-refractivity contribution in [3.63, 3.8) is 0 Å². The molecule has 1 N–H and O–H groups in total. The number of aliphatic hydroxyl groups is 1.